The molecule has 0 spiro atoms. The van der Waals surface area contributed by atoms with E-state index in [1.165, 1.54) is 0 Å². The van der Waals surface area contributed by atoms with Crippen LogP contribution >= 0.6 is 0 Å². The number of hydrogen-bond acceptors (Lipinski definition) is 9. The Bertz CT molecular complexity index is 1370. The van der Waals surface area contributed by atoms with Crippen molar-refractivity contribution in [2.45, 2.75) is 25.0 Å². The van der Waals surface area contributed by atoms with Gasteiger partial charge in [-0.2, -0.15) is 4.98 Å². The largest absolute Gasteiger partial charge is 0.497 e. The first-order valence-corrected chi connectivity index (χ1v) is 11.8. The minimum absolute atomic E-state index is 0. The Kier molecular flexibility index (Phi) is 6.73. The van der Waals surface area contributed by atoms with E-state index in [1.54, 1.807) is 32.7 Å². The lowest BCUT2D eigenvalue weighted by Gasteiger charge is -2.39. The molecule has 1 fully saturated rings. The molecular weight excluding hydrogens is 456 g/mol. The van der Waals surface area contributed by atoms with Gasteiger partial charge >= 0.3 is 0 Å². The van der Waals surface area contributed by atoms with E-state index in [4.69, 9.17) is 14.2 Å². The average molecular weight is 491 g/mol. The molecule has 0 radical (unpaired) electrons. The highest BCUT2D eigenvalue weighted by Gasteiger charge is 2.32. The van der Waals surface area contributed by atoms with Crippen LogP contribution in [0.1, 0.15) is 15.7 Å². The summed E-state index contributed by atoms with van der Waals surface area (Å²) in [6.07, 6.45) is 5.72. The van der Waals surface area contributed by atoms with E-state index < -0.39 is 0 Å². The number of ether oxygens (including phenoxy) is 3. The Balaban J connectivity index is 0.00000200. The number of aromatic nitrogens is 3. The fourth-order valence-electron chi connectivity index (χ4n) is 4.15. The van der Waals surface area contributed by atoms with Crippen LogP contribution in [-0.2, 0) is 0 Å². The van der Waals surface area contributed by atoms with Gasteiger partial charge in [0, 0.05) is 32.2 Å². The summed E-state index contributed by atoms with van der Waals surface area (Å²) in [5.74, 6) is 3.29. The van der Waals surface area contributed by atoms with Crippen LogP contribution in [0.25, 0.3) is 10.9 Å². The molecule has 0 atom stereocenters. The van der Waals surface area contributed by atoms with E-state index in [1.807, 2.05) is 42.5 Å². The Morgan fingerprint density at radius 3 is 2.53 bits per heavy atom. The highest BCUT2D eigenvalue weighted by Crippen LogP contribution is 2.36. The molecular formula is C27H34N6O3. The van der Waals surface area contributed by atoms with Crippen LogP contribution in [0.5, 0.6) is 17.2 Å². The number of hydrogen-bond donors (Lipinski definition) is 2. The zero-order valence-electron chi connectivity index (χ0n) is 20.9. The summed E-state index contributed by atoms with van der Waals surface area (Å²) in [4.78, 5) is 15.7. The first-order valence-electron chi connectivity index (χ1n) is 11.8. The SMILES string of the molecule is COc1ccc2ncc(Nc3ccnc(Nc4ccc(OC5CC(N(C)C)C5)c(OC)c4)n3)cc2c1.[HH].[HH]. The van der Waals surface area contributed by atoms with Gasteiger partial charge in [-0.1, -0.05) is 0 Å². The van der Waals surface area contributed by atoms with Crippen molar-refractivity contribution < 1.29 is 17.1 Å². The fraction of sp³-hybridized carbons (Fsp3) is 0.296. The van der Waals surface area contributed by atoms with Crippen LogP contribution in [0, 0.1) is 0 Å². The average Bonchev–Trinajstić information content (AvgIpc) is 2.86. The lowest BCUT2D eigenvalue weighted by Crippen LogP contribution is -2.46. The van der Waals surface area contributed by atoms with E-state index in [0.29, 0.717) is 23.6 Å². The quantitative estimate of drug-likeness (QED) is 0.316. The summed E-state index contributed by atoms with van der Waals surface area (Å²) >= 11 is 0. The molecule has 1 aliphatic carbocycles. The van der Waals surface area contributed by atoms with E-state index in [0.717, 1.165) is 46.6 Å². The topological polar surface area (TPSA) is 93.7 Å². The van der Waals surface area contributed by atoms with Crippen molar-refractivity contribution in [1.29, 1.82) is 0 Å². The summed E-state index contributed by atoms with van der Waals surface area (Å²) in [7, 11) is 7.50. The van der Waals surface area contributed by atoms with Crippen molar-refractivity contribution in [3.63, 3.8) is 0 Å². The van der Waals surface area contributed by atoms with E-state index in [2.05, 4.69) is 44.6 Å². The molecule has 0 aliphatic heterocycles. The molecule has 9 nitrogen and oxygen atoms in total. The molecule has 190 valence electrons. The Hall–Kier alpha value is -4.11. The Labute approximate surface area is 213 Å². The molecule has 0 unspecified atom stereocenters. The second-order valence-electron chi connectivity index (χ2n) is 8.99. The second kappa shape index (κ2) is 10.2. The summed E-state index contributed by atoms with van der Waals surface area (Å²) in [6.45, 7) is 0. The minimum atomic E-state index is 0. The van der Waals surface area contributed by atoms with Gasteiger partial charge in [0.15, 0.2) is 11.5 Å². The summed E-state index contributed by atoms with van der Waals surface area (Å²) < 4.78 is 17.1. The molecule has 4 aromatic rings. The van der Waals surface area contributed by atoms with Gasteiger partial charge in [-0.25, -0.2) is 4.98 Å². The molecule has 5 rings (SSSR count). The Morgan fingerprint density at radius 1 is 0.889 bits per heavy atom. The number of fused-ring (bicyclic) bond motifs is 1. The Morgan fingerprint density at radius 2 is 1.75 bits per heavy atom. The molecule has 2 N–H and O–H groups in total. The first-order chi connectivity index (χ1) is 17.5. The number of rotatable bonds is 9. The standard InChI is InChI=1S/C27H30N6O3.2H2/c1-33(2)20-14-22(15-20)36-24-8-5-18(13-25(24)35-4)31-27-28-10-9-26(32-27)30-19-11-17-12-21(34-3)6-7-23(17)29-16-19;;/h5-13,16,20,22H,14-15H2,1-4H3,(H2,28,30,31,32);2*1H. The van der Waals surface area contributed by atoms with Crippen molar-refractivity contribution in [3.05, 3.63) is 60.9 Å². The van der Waals surface area contributed by atoms with Gasteiger partial charge in [0.2, 0.25) is 5.95 Å². The lowest BCUT2D eigenvalue weighted by molar-refractivity contribution is 0.0383. The molecule has 2 aromatic heterocycles. The fourth-order valence-corrected chi connectivity index (χ4v) is 4.15. The summed E-state index contributed by atoms with van der Waals surface area (Å²) in [5.41, 5.74) is 2.51. The maximum Gasteiger partial charge on any atom is 0.229 e. The van der Waals surface area contributed by atoms with Gasteiger partial charge in [-0.3, -0.25) is 4.98 Å². The van der Waals surface area contributed by atoms with Crippen LogP contribution in [0.15, 0.2) is 60.9 Å². The molecule has 1 aliphatic rings. The third-order valence-electron chi connectivity index (χ3n) is 6.33. The molecule has 2 heterocycles. The normalized spacial score (nSPS) is 16.9. The van der Waals surface area contributed by atoms with Gasteiger partial charge in [0.1, 0.15) is 17.7 Å². The molecule has 9 heteroatoms. The second-order valence-corrected chi connectivity index (χ2v) is 8.99. The zero-order valence-corrected chi connectivity index (χ0v) is 20.9. The number of benzene rings is 2. The minimum Gasteiger partial charge on any atom is -0.497 e. The third-order valence-corrected chi connectivity index (χ3v) is 6.33. The van der Waals surface area contributed by atoms with Gasteiger partial charge in [-0.15, -0.1) is 0 Å². The van der Waals surface area contributed by atoms with Gasteiger partial charge < -0.3 is 29.7 Å². The predicted molar refractivity (Wildman–Crippen MR) is 145 cm³/mol. The molecule has 2 aromatic carbocycles. The number of pyridine rings is 1. The van der Waals surface area contributed by atoms with Crippen molar-refractivity contribution in [2.24, 2.45) is 0 Å². The first kappa shape index (κ1) is 23.6. The van der Waals surface area contributed by atoms with Gasteiger partial charge in [0.05, 0.1) is 31.6 Å². The van der Waals surface area contributed by atoms with Crippen LogP contribution in [0.2, 0.25) is 0 Å². The van der Waals surface area contributed by atoms with Crippen LogP contribution in [0.3, 0.4) is 0 Å². The maximum atomic E-state index is 6.15. The van der Waals surface area contributed by atoms with Crippen LogP contribution in [0.4, 0.5) is 23.1 Å². The van der Waals surface area contributed by atoms with Crippen molar-refractivity contribution in [2.75, 3.05) is 38.9 Å². The molecule has 36 heavy (non-hydrogen) atoms. The number of nitrogens with one attached hydrogen (secondary N) is 2. The zero-order chi connectivity index (χ0) is 25.1. The summed E-state index contributed by atoms with van der Waals surface area (Å²) in [6, 6.07) is 15.9. The number of methoxy groups -OCH3 is 2. The smallest absolute Gasteiger partial charge is 0.229 e. The summed E-state index contributed by atoms with van der Waals surface area (Å²) in [5, 5.41) is 7.51. The van der Waals surface area contributed by atoms with Crippen LogP contribution < -0.4 is 24.8 Å². The van der Waals surface area contributed by atoms with Crippen LogP contribution in [-0.4, -0.2) is 60.3 Å². The third kappa shape index (κ3) is 5.26. The predicted octanol–water partition coefficient (Wildman–Crippen LogP) is 5.49. The van der Waals surface area contributed by atoms with E-state index in [-0.39, 0.29) is 8.96 Å². The molecule has 1 saturated carbocycles. The van der Waals surface area contributed by atoms with Crippen molar-refractivity contribution in [1.82, 2.24) is 19.9 Å². The lowest BCUT2D eigenvalue weighted by atomic mass is 9.88. The number of nitrogens with zero attached hydrogens (tertiary/aromatic N) is 4. The highest BCUT2D eigenvalue weighted by molar-refractivity contribution is 5.83. The highest BCUT2D eigenvalue weighted by atomic mass is 16.5. The molecule has 0 amide bonds. The molecule has 0 bridgehead atoms. The van der Waals surface area contributed by atoms with Gasteiger partial charge in [-0.05, 0) is 69.4 Å². The number of anilines is 4. The van der Waals surface area contributed by atoms with Crippen molar-refractivity contribution in [3.8, 4) is 17.2 Å². The van der Waals surface area contributed by atoms with E-state index in [9.17, 15) is 0 Å². The van der Waals surface area contributed by atoms with E-state index >= 15 is 0 Å². The molecule has 0 saturated heterocycles. The van der Waals surface area contributed by atoms with Crippen molar-refractivity contribution >= 4 is 34.0 Å². The monoisotopic (exact) mass is 490 g/mol. The maximum absolute atomic E-state index is 6.15. The van der Waals surface area contributed by atoms with Gasteiger partial charge in [0.25, 0.3) is 0 Å².